The molecule has 1 aliphatic rings. The van der Waals surface area contributed by atoms with Crippen LogP contribution in [0.15, 0.2) is 35.4 Å². The summed E-state index contributed by atoms with van der Waals surface area (Å²) in [6, 6.07) is 9.61. The molecule has 0 saturated heterocycles. The van der Waals surface area contributed by atoms with Crippen molar-refractivity contribution in [3.8, 4) is 0 Å². The summed E-state index contributed by atoms with van der Waals surface area (Å²) < 4.78 is 0. The Morgan fingerprint density at radius 1 is 1.32 bits per heavy atom. The number of fused-ring (bicyclic) bond motifs is 1. The SMILES string of the molecule is O=C(NN=Cc1ccccc1)c1n[nH]c2c1CCC2. The summed E-state index contributed by atoms with van der Waals surface area (Å²) in [6.45, 7) is 0. The van der Waals surface area contributed by atoms with Crippen molar-refractivity contribution in [2.75, 3.05) is 0 Å². The molecule has 0 bridgehead atoms. The molecule has 5 heteroatoms. The maximum atomic E-state index is 11.9. The first-order chi connectivity index (χ1) is 9.34. The molecule has 1 heterocycles. The number of H-pyrrole nitrogens is 1. The molecule has 0 spiro atoms. The molecule has 1 amide bonds. The minimum atomic E-state index is -0.258. The Bertz CT molecular complexity index is 616. The molecule has 2 N–H and O–H groups in total. The fourth-order valence-electron chi connectivity index (χ4n) is 2.26. The van der Waals surface area contributed by atoms with Gasteiger partial charge >= 0.3 is 0 Å². The van der Waals surface area contributed by atoms with Gasteiger partial charge in [0.05, 0.1) is 6.21 Å². The van der Waals surface area contributed by atoms with Gasteiger partial charge in [0.2, 0.25) is 0 Å². The van der Waals surface area contributed by atoms with E-state index in [9.17, 15) is 4.79 Å². The summed E-state index contributed by atoms with van der Waals surface area (Å²) in [5.41, 5.74) is 6.04. The fraction of sp³-hybridized carbons (Fsp3) is 0.214. The topological polar surface area (TPSA) is 70.1 Å². The lowest BCUT2D eigenvalue weighted by atomic mass is 10.2. The van der Waals surface area contributed by atoms with Crippen molar-refractivity contribution in [2.24, 2.45) is 5.10 Å². The van der Waals surface area contributed by atoms with Gasteiger partial charge in [-0.05, 0) is 24.8 Å². The van der Waals surface area contributed by atoms with Crippen LogP contribution in [0.1, 0.15) is 33.7 Å². The molecule has 0 saturated carbocycles. The number of benzene rings is 1. The lowest BCUT2D eigenvalue weighted by Gasteiger charge is -1.98. The number of hydrogen-bond acceptors (Lipinski definition) is 3. The number of aromatic amines is 1. The van der Waals surface area contributed by atoms with Crippen molar-refractivity contribution in [3.05, 3.63) is 52.8 Å². The Balaban J connectivity index is 1.67. The number of aryl methyl sites for hydroxylation is 1. The Kier molecular flexibility index (Phi) is 3.10. The predicted molar refractivity (Wildman–Crippen MR) is 72.1 cm³/mol. The zero-order valence-corrected chi connectivity index (χ0v) is 10.4. The van der Waals surface area contributed by atoms with E-state index in [1.807, 2.05) is 30.3 Å². The molecule has 96 valence electrons. The van der Waals surface area contributed by atoms with Crippen LogP contribution in [0.3, 0.4) is 0 Å². The molecule has 3 rings (SSSR count). The van der Waals surface area contributed by atoms with E-state index in [1.54, 1.807) is 6.21 Å². The normalized spacial score (nSPS) is 13.7. The zero-order chi connectivity index (χ0) is 13.1. The summed E-state index contributed by atoms with van der Waals surface area (Å²) >= 11 is 0. The first kappa shape index (κ1) is 11.6. The molecule has 1 aromatic carbocycles. The predicted octanol–water partition coefficient (Wildman–Crippen LogP) is 1.66. The number of amides is 1. The van der Waals surface area contributed by atoms with Gasteiger partial charge < -0.3 is 0 Å². The second-order valence-electron chi connectivity index (χ2n) is 4.49. The van der Waals surface area contributed by atoms with Gasteiger partial charge in [0.1, 0.15) is 0 Å². The van der Waals surface area contributed by atoms with E-state index in [1.165, 1.54) is 0 Å². The minimum absolute atomic E-state index is 0.258. The number of nitrogens with one attached hydrogen (secondary N) is 2. The lowest BCUT2D eigenvalue weighted by molar-refractivity contribution is 0.0949. The van der Waals surface area contributed by atoms with Gasteiger partial charge in [-0.15, -0.1) is 0 Å². The zero-order valence-electron chi connectivity index (χ0n) is 10.4. The maximum Gasteiger partial charge on any atom is 0.292 e. The van der Waals surface area contributed by atoms with Crippen molar-refractivity contribution in [1.29, 1.82) is 0 Å². The number of hydrazone groups is 1. The van der Waals surface area contributed by atoms with Gasteiger partial charge in [0, 0.05) is 11.3 Å². The van der Waals surface area contributed by atoms with Gasteiger partial charge in [-0.25, -0.2) is 5.43 Å². The van der Waals surface area contributed by atoms with Crippen LogP contribution in [0.25, 0.3) is 0 Å². The standard InChI is InChI=1S/C14H14N4O/c19-14(13-11-7-4-8-12(11)16-17-13)18-15-9-10-5-2-1-3-6-10/h1-3,5-6,9H,4,7-8H2,(H,16,17)(H,18,19). The third kappa shape index (κ3) is 2.40. The summed E-state index contributed by atoms with van der Waals surface area (Å²) in [6.07, 6.45) is 4.59. The van der Waals surface area contributed by atoms with Gasteiger partial charge in [-0.1, -0.05) is 30.3 Å². The summed E-state index contributed by atoms with van der Waals surface area (Å²) in [4.78, 5) is 11.9. The van der Waals surface area contributed by atoms with E-state index in [2.05, 4.69) is 20.7 Å². The maximum absolute atomic E-state index is 11.9. The van der Waals surface area contributed by atoms with Crippen molar-refractivity contribution in [3.63, 3.8) is 0 Å². The van der Waals surface area contributed by atoms with Crippen LogP contribution in [0.4, 0.5) is 0 Å². The van der Waals surface area contributed by atoms with Crippen LogP contribution in [0.5, 0.6) is 0 Å². The van der Waals surface area contributed by atoms with Crippen LogP contribution < -0.4 is 5.43 Å². The quantitative estimate of drug-likeness (QED) is 0.646. The van der Waals surface area contributed by atoms with Gasteiger partial charge in [-0.2, -0.15) is 10.2 Å². The highest BCUT2D eigenvalue weighted by molar-refractivity contribution is 5.94. The molecular formula is C14H14N4O. The van der Waals surface area contributed by atoms with Crippen molar-refractivity contribution < 1.29 is 4.79 Å². The van der Waals surface area contributed by atoms with E-state index < -0.39 is 0 Å². The highest BCUT2D eigenvalue weighted by Crippen LogP contribution is 2.22. The molecule has 0 aliphatic heterocycles. The van der Waals surface area contributed by atoms with Crippen LogP contribution in [-0.4, -0.2) is 22.3 Å². The minimum Gasteiger partial charge on any atom is -0.281 e. The summed E-state index contributed by atoms with van der Waals surface area (Å²) in [5, 5.41) is 10.9. The lowest BCUT2D eigenvalue weighted by Crippen LogP contribution is -2.19. The first-order valence-corrected chi connectivity index (χ1v) is 6.29. The third-order valence-corrected chi connectivity index (χ3v) is 3.20. The number of carbonyl (C=O) groups is 1. The fourth-order valence-corrected chi connectivity index (χ4v) is 2.26. The highest BCUT2D eigenvalue weighted by Gasteiger charge is 2.22. The average Bonchev–Trinajstić information content (AvgIpc) is 3.02. The molecule has 0 unspecified atom stereocenters. The van der Waals surface area contributed by atoms with Crippen LogP contribution in [0.2, 0.25) is 0 Å². The first-order valence-electron chi connectivity index (χ1n) is 6.29. The molecule has 1 aliphatic carbocycles. The highest BCUT2D eigenvalue weighted by atomic mass is 16.2. The molecule has 0 radical (unpaired) electrons. The monoisotopic (exact) mass is 254 g/mol. The van der Waals surface area contributed by atoms with Crippen LogP contribution in [-0.2, 0) is 12.8 Å². The van der Waals surface area contributed by atoms with Crippen molar-refractivity contribution in [1.82, 2.24) is 15.6 Å². The van der Waals surface area contributed by atoms with Crippen LogP contribution in [0, 0.1) is 0 Å². The Hall–Kier alpha value is -2.43. The van der Waals surface area contributed by atoms with Gasteiger partial charge in [0.15, 0.2) is 5.69 Å². The van der Waals surface area contributed by atoms with Gasteiger partial charge in [-0.3, -0.25) is 9.89 Å². The molecule has 19 heavy (non-hydrogen) atoms. The largest absolute Gasteiger partial charge is 0.292 e. The van der Waals surface area contributed by atoms with Gasteiger partial charge in [0.25, 0.3) is 5.91 Å². The number of rotatable bonds is 3. The number of carbonyl (C=O) groups excluding carboxylic acids is 1. The third-order valence-electron chi connectivity index (χ3n) is 3.20. The molecular weight excluding hydrogens is 240 g/mol. The van der Waals surface area contributed by atoms with E-state index in [0.717, 1.165) is 36.1 Å². The smallest absolute Gasteiger partial charge is 0.281 e. The summed E-state index contributed by atoms with van der Waals surface area (Å²) in [7, 11) is 0. The van der Waals surface area contributed by atoms with E-state index in [4.69, 9.17) is 0 Å². The molecule has 1 aromatic heterocycles. The Morgan fingerprint density at radius 3 is 3.00 bits per heavy atom. The van der Waals surface area contributed by atoms with E-state index >= 15 is 0 Å². The second-order valence-corrected chi connectivity index (χ2v) is 4.49. The molecule has 0 atom stereocenters. The second kappa shape index (κ2) is 5.06. The van der Waals surface area contributed by atoms with Crippen molar-refractivity contribution in [2.45, 2.75) is 19.3 Å². The molecule has 2 aromatic rings. The van der Waals surface area contributed by atoms with E-state index in [-0.39, 0.29) is 5.91 Å². The average molecular weight is 254 g/mol. The molecule has 0 fully saturated rings. The number of aromatic nitrogens is 2. The van der Waals surface area contributed by atoms with Crippen molar-refractivity contribution >= 4 is 12.1 Å². The summed E-state index contributed by atoms with van der Waals surface area (Å²) in [5.74, 6) is -0.258. The van der Waals surface area contributed by atoms with Crippen LogP contribution >= 0.6 is 0 Å². The Labute approximate surface area is 110 Å². The number of nitrogens with zero attached hydrogens (tertiary/aromatic N) is 2. The Morgan fingerprint density at radius 2 is 2.16 bits per heavy atom. The molecule has 5 nitrogen and oxygen atoms in total. The van der Waals surface area contributed by atoms with E-state index in [0.29, 0.717) is 5.69 Å². The number of hydrogen-bond donors (Lipinski definition) is 2.